The van der Waals surface area contributed by atoms with Crippen molar-refractivity contribution >= 4 is 28.9 Å². The first-order chi connectivity index (χ1) is 12.0. The first-order valence-electron chi connectivity index (χ1n) is 7.17. The molecule has 0 saturated heterocycles. The summed E-state index contributed by atoms with van der Waals surface area (Å²) in [7, 11) is 0. The summed E-state index contributed by atoms with van der Waals surface area (Å²) in [5.74, 6) is 0.959. The van der Waals surface area contributed by atoms with E-state index in [0.29, 0.717) is 11.5 Å². The van der Waals surface area contributed by atoms with E-state index in [1.54, 1.807) is 29.1 Å². The molecule has 8 nitrogen and oxygen atoms in total. The molecule has 0 fully saturated rings. The fourth-order valence-electron chi connectivity index (χ4n) is 2.22. The third-order valence-corrected chi connectivity index (χ3v) is 3.80. The van der Waals surface area contributed by atoms with Gasteiger partial charge in [-0.1, -0.05) is 11.6 Å². The van der Waals surface area contributed by atoms with Gasteiger partial charge in [-0.15, -0.1) is 0 Å². The largest absolute Gasteiger partial charge is 0.321 e. The minimum Gasteiger partial charge on any atom is -0.321 e. The van der Waals surface area contributed by atoms with Crippen LogP contribution in [0.3, 0.4) is 0 Å². The normalized spacial score (nSPS) is 10.5. The van der Waals surface area contributed by atoms with Crippen molar-refractivity contribution in [1.82, 2.24) is 14.5 Å². The van der Waals surface area contributed by atoms with E-state index < -0.39 is 10.8 Å². The number of hydrogen-bond acceptors (Lipinski definition) is 5. The Bertz CT molecular complexity index is 953. The number of imidazole rings is 1. The van der Waals surface area contributed by atoms with Gasteiger partial charge in [0.1, 0.15) is 16.7 Å². The number of hydrogen-bond donors (Lipinski definition) is 1. The summed E-state index contributed by atoms with van der Waals surface area (Å²) in [5, 5.41) is 13.5. The van der Waals surface area contributed by atoms with E-state index in [1.807, 2.05) is 6.92 Å². The second kappa shape index (κ2) is 6.70. The molecule has 0 aliphatic heterocycles. The third kappa shape index (κ3) is 3.48. The molecule has 126 valence electrons. The van der Waals surface area contributed by atoms with Crippen molar-refractivity contribution in [2.75, 3.05) is 5.32 Å². The highest BCUT2D eigenvalue weighted by Gasteiger charge is 2.16. The van der Waals surface area contributed by atoms with Crippen molar-refractivity contribution in [3.8, 4) is 5.82 Å². The van der Waals surface area contributed by atoms with Crippen molar-refractivity contribution < 1.29 is 9.72 Å². The standard InChI is InChI=1S/C16H12ClN5O3/c1-10-18-6-7-21(10)15-5-3-12(9-19-15)20-16(23)11-2-4-13(17)14(8-11)22(24)25/h2-9H,1H3,(H,20,23). The lowest BCUT2D eigenvalue weighted by Crippen LogP contribution is -2.12. The highest BCUT2D eigenvalue weighted by molar-refractivity contribution is 6.32. The van der Waals surface area contributed by atoms with Crippen LogP contribution in [0.4, 0.5) is 11.4 Å². The maximum Gasteiger partial charge on any atom is 0.288 e. The van der Waals surface area contributed by atoms with Crippen molar-refractivity contribution in [3.63, 3.8) is 0 Å². The van der Waals surface area contributed by atoms with Crippen LogP contribution >= 0.6 is 11.6 Å². The molecule has 0 aliphatic rings. The number of carbonyl (C=O) groups excluding carboxylic acids is 1. The molecule has 0 unspecified atom stereocenters. The number of pyridine rings is 1. The Balaban J connectivity index is 1.78. The Kier molecular flexibility index (Phi) is 4.44. The molecule has 0 bridgehead atoms. The molecule has 2 heterocycles. The predicted molar refractivity (Wildman–Crippen MR) is 92.2 cm³/mol. The number of aromatic nitrogens is 3. The number of nitro groups is 1. The molecule has 25 heavy (non-hydrogen) atoms. The predicted octanol–water partition coefficient (Wildman–Crippen LogP) is 3.39. The Labute approximate surface area is 147 Å². The average molecular weight is 358 g/mol. The molecule has 1 N–H and O–H groups in total. The lowest BCUT2D eigenvalue weighted by molar-refractivity contribution is -0.384. The summed E-state index contributed by atoms with van der Waals surface area (Å²) in [6.45, 7) is 1.85. The summed E-state index contributed by atoms with van der Waals surface area (Å²) in [4.78, 5) is 30.9. The van der Waals surface area contributed by atoms with Crippen LogP contribution in [0.1, 0.15) is 16.2 Å². The second-order valence-electron chi connectivity index (χ2n) is 5.13. The van der Waals surface area contributed by atoms with Crippen LogP contribution in [0, 0.1) is 17.0 Å². The number of benzene rings is 1. The molecule has 2 aromatic heterocycles. The second-order valence-corrected chi connectivity index (χ2v) is 5.53. The number of nitro benzene ring substituents is 1. The van der Waals surface area contributed by atoms with Crippen LogP contribution in [-0.2, 0) is 0 Å². The van der Waals surface area contributed by atoms with Gasteiger partial charge in [-0.05, 0) is 31.2 Å². The van der Waals surface area contributed by atoms with Gasteiger partial charge in [0.2, 0.25) is 0 Å². The number of halogens is 1. The Morgan fingerprint density at radius 1 is 1.28 bits per heavy atom. The smallest absolute Gasteiger partial charge is 0.288 e. The van der Waals surface area contributed by atoms with Crippen LogP contribution < -0.4 is 5.32 Å². The number of nitrogens with one attached hydrogen (secondary N) is 1. The molecule has 9 heteroatoms. The van der Waals surface area contributed by atoms with Crippen molar-refractivity contribution in [1.29, 1.82) is 0 Å². The average Bonchev–Trinajstić information content (AvgIpc) is 3.01. The van der Waals surface area contributed by atoms with Gasteiger partial charge in [0.05, 0.1) is 16.8 Å². The topological polar surface area (TPSA) is 103 Å². The van der Waals surface area contributed by atoms with E-state index in [1.165, 1.54) is 18.3 Å². The summed E-state index contributed by atoms with van der Waals surface area (Å²) in [5.41, 5.74) is 0.271. The van der Waals surface area contributed by atoms with Gasteiger partial charge in [-0.3, -0.25) is 19.5 Å². The molecule has 1 aromatic carbocycles. The molecule has 3 rings (SSSR count). The summed E-state index contributed by atoms with van der Waals surface area (Å²) < 4.78 is 1.80. The zero-order chi connectivity index (χ0) is 18.0. The van der Waals surface area contributed by atoms with Crippen molar-refractivity contribution in [3.05, 3.63) is 75.4 Å². The van der Waals surface area contributed by atoms with Crippen molar-refractivity contribution in [2.45, 2.75) is 6.92 Å². The van der Waals surface area contributed by atoms with Gasteiger partial charge in [-0.2, -0.15) is 0 Å². The number of nitrogens with zero attached hydrogens (tertiary/aromatic N) is 4. The molecule has 0 radical (unpaired) electrons. The molecular weight excluding hydrogens is 346 g/mol. The molecule has 0 aliphatic carbocycles. The zero-order valence-corrected chi connectivity index (χ0v) is 13.8. The van der Waals surface area contributed by atoms with Crippen LogP contribution in [0.25, 0.3) is 5.82 Å². The molecule has 0 saturated carbocycles. The first-order valence-corrected chi connectivity index (χ1v) is 7.55. The highest BCUT2D eigenvalue weighted by Crippen LogP contribution is 2.25. The van der Waals surface area contributed by atoms with Crippen LogP contribution in [0.15, 0.2) is 48.9 Å². The van der Waals surface area contributed by atoms with E-state index in [0.717, 1.165) is 11.9 Å². The van der Waals surface area contributed by atoms with Crippen LogP contribution in [0.5, 0.6) is 0 Å². The summed E-state index contributed by atoms with van der Waals surface area (Å²) >= 11 is 5.74. The number of aryl methyl sites for hydroxylation is 1. The lowest BCUT2D eigenvalue weighted by Gasteiger charge is -2.07. The van der Waals surface area contributed by atoms with Gasteiger partial charge >= 0.3 is 0 Å². The maximum absolute atomic E-state index is 12.2. The molecule has 3 aromatic rings. The Morgan fingerprint density at radius 2 is 2.08 bits per heavy atom. The van der Waals surface area contributed by atoms with Gasteiger partial charge in [-0.25, -0.2) is 9.97 Å². The third-order valence-electron chi connectivity index (χ3n) is 3.48. The zero-order valence-electron chi connectivity index (χ0n) is 13.0. The molecule has 0 spiro atoms. The summed E-state index contributed by atoms with van der Waals surface area (Å²) in [6, 6.07) is 7.28. The fourth-order valence-corrected chi connectivity index (χ4v) is 2.41. The first kappa shape index (κ1) is 16.6. The fraction of sp³-hybridized carbons (Fsp3) is 0.0625. The van der Waals surface area contributed by atoms with E-state index in [9.17, 15) is 14.9 Å². The van der Waals surface area contributed by atoms with Crippen LogP contribution in [0.2, 0.25) is 5.02 Å². The minimum atomic E-state index is -0.636. The summed E-state index contributed by atoms with van der Waals surface area (Å²) in [6.07, 6.45) is 4.94. The minimum absolute atomic E-state index is 0.0247. The molecule has 0 atom stereocenters. The van der Waals surface area contributed by atoms with Gasteiger partial charge in [0.25, 0.3) is 11.6 Å². The maximum atomic E-state index is 12.2. The van der Waals surface area contributed by atoms with Crippen molar-refractivity contribution in [2.24, 2.45) is 0 Å². The SMILES string of the molecule is Cc1nccn1-c1ccc(NC(=O)c2ccc(Cl)c([N+](=O)[O-])c2)cn1. The Morgan fingerprint density at radius 3 is 2.68 bits per heavy atom. The van der Waals surface area contributed by atoms with E-state index >= 15 is 0 Å². The molecule has 1 amide bonds. The van der Waals surface area contributed by atoms with E-state index in [-0.39, 0.29) is 16.3 Å². The van der Waals surface area contributed by atoms with Gasteiger partial charge < -0.3 is 5.32 Å². The highest BCUT2D eigenvalue weighted by atomic mass is 35.5. The lowest BCUT2D eigenvalue weighted by atomic mass is 10.2. The van der Waals surface area contributed by atoms with E-state index in [2.05, 4.69) is 15.3 Å². The van der Waals surface area contributed by atoms with Gasteiger partial charge in [0.15, 0.2) is 0 Å². The van der Waals surface area contributed by atoms with E-state index in [4.69, 9.17) is 11.6 Å². The quantitative estimate of drug-likeness (QED) is 0.569. The number of carbonyl (C=O) groups is 1. The number of anilines is 1. The van der Waals surface area contributed by atoms with Gasteiger partial charge in [0, 0.05) is 24.0 Å². The monoisotopic (exact) mass is 357 g/mol. The Hall–Kier alpha value is -3.26. The number of amides is 1. The number of rotatable bonds is 4. The molecular formula is C16H12ClN5O3. The van der Waals surface area contributed by atoms with Crippen LogP contribution in [-0.4, -0.2) is 25.4 Å².